The molecule has 1 amide bonds. The average Bonchev–Trinajstić information content (AvgIpc) is 4.33. The zero-order chi connectivity index (χ0) is 58.2. The van der Waals surface area contributed by atoms with Crippen LogP contribution in [0.4, 0.5) is 11.9 Å². The van der Waals surface area contributed by atoms with Gasteiger partial charge in [0.25, 0.3) is 11.1 Å². The van der Waals surface area contributed by atoms with E-state index in [9.17, 15) is 34.8 Å². The Morgan fingerprint density at radius 3 is 1.25 bits per heavy atom. The highest BCUT2D eigenvalue weighted by Crippen LogP contribution is 2.35. The first-order valence-corrected chi connectivity index (χ1v) is 31.6. The molecule has 2 fully saturated rings. The Balaban J connectivity index is 0.000000300. The van der Waals surface area contributed by atoms with Crippen molar-refractivity contribution in [3.63, 3.8) is 0 Å². The SMILES string of the molecule is CCCCCCCCCCCCCCCCCCO[C@@H]1[C@H](O)[C@@H](CO)O[C@H]1n1cnc2c(=O)[nH]c(N)nc21.CCCCCCCCCCCCCCCCCCO[C@@H]1[C@H](O)[C@@H](CO)O[C@H]1n1cnc2c(=O)[nH]c(NC(=O)C(C)C)nc21. The number of nitrogens with two attached hydrogens (primary N) is 1. The lowest BCUT2D eigenvalue weighted by Crippen LogP contribution is -2.35. The molecule has 2 saturated heterocycles. The largest absolute Gasteiger partial charge is 0.394 e. The first kappa shape index (κ1) is 67.4. The number of hydrogen-bond acceptors (Lipinski definition) is 16. The quantitative estimate of drug-likeness (QED) is 0.0191. The summed E-state index contributed by atoms with van der Waals surface area (Å²) in [6, 6.07) is 0. The van der Waals surface area contributed by atoms with E-state index in [0.717, 1.165) is 32.1 Å². The number of aliphatic hydroxyl groups excluding tert-OH is 4. The van der Waals surface area contributed by atoms with E-state index in [1.807, 2.05) is 0 Å². The number of fused-ring (bicyclic) bond motifs is 2. The molecule has 0 aromatic carbocycles. The fraction of sp³-hybridized carbons (Fsp3) is 0.817. The summed E-state index contributed by atoms with van der Waals surface area (Å²) in [7, 11) is 0. The highest BCUT2D eigenvalue weighted by atomic mass is 16.6. The lowest BCUT2D eigenvalue weighted by molar-refractivity contribution is -0.118. The Hall–Kier alpha value is -4.35. The van der Waals surface area contributed by atoms with Gasteiger partial charge < -0.3 is 45.1 Å². The maximum absolute atomic E-state index is 12.6. The van der Waals surface area contributed by atoms with Crippen LogP contribution in [0.15, 0.2) is 22.2 Å². The van der Waals surface area contributed by atoms with Crippen molar-refractivity contribution >= 4 is 40.1 Å². The van der Waals surface area contributed by atoms with E-state index in [0.29, 0.717) is 13.2 Å². The maximum Gasteiger partial charge on any atom is 0.280 e. The minimum Gasteiger partial charge on any atom is -0.394 e. The minimum absolute atomic E-state index is 0.000776. The van der Waals surface area contributed by atoms with Crippen molar-refractivity contribution < 1.29 is 44.2 Å². The maximum atomic E-state index is 12.6. The smallest absolute Gasteiger partial charge is 0.280 e. The van der Waals surface area contributed by atoms with Crippen molar-refractivity contribution in [1.82, 2.24) is 39.0 Å². The number of aromatic nitrogens is 8. The van der Waals surface area contributed by atoms with Crippen molar-refractivity contribution in [3.8, 4) is 0 Å². The van der Waals surface area contributed by atoms with Gasteiger partial charge in [-0.15, -0.1) is 0 Å². The van der Waals surface area contributed by atoms with Crippen LogP contribution in [0.3, 0.4) is 0 Å². The molecule has 21 heteroatoms. The standard InChI is InChI=1S/C32H55N5O6.C28H49N5O5/c1-4-5-6-7-8-9-10-11-12-13-14-15-16-17-18-19-20-42-27-26(39)24(21-38)43-31(27)37-22-33-25-28(37)34-32(36-30(25)41)35-29(40)23(2)3;1-2-3-4-5-6-7-8-9-10-11-12-13-14-15-16-17-18-37-24-23(35)21(19-34)38-27(24)33-20-30-22-25(33)31-28(29)32-26(22)36/h22-24,26-27,31,38-39H,4-21H2,1-3H3,(H2,34,35,36,40,41);20-21,23-24,27,34-35H,2-19H2,1H3,(H3,29,31,32,36)/t24-,26-,27-,31-;21-,23-,24-,27-/m11/s1. The van der Waals surface area contributed by atoms with Crippen LogP contribution in [0, 0.1) is 5.92 Å². The lowest BCUT2D eigenvalue weighted by atomic mass is 10.0. The Labute approximate surface area is 480 Å². The van der Waals surface area contributed by atoms with Crippen LogP contribution < -0.4 is 22.2 Å². The number of hydrogen-bond donors (Lipinski definition) is 8. The molecule has 9 N–H and O–H groups in total. The van der Waals surface area contributed by atoms with E-state index in [1.165, 1.54) is 195 Å². The van der Waals surface area contributed by atoms with Gasteiger partial charge in [-0.3, -0.25) is 38.8 Å². The molecule has 0 unspecified atom stereocenters. The number of aromatic amines is 2. The molecule has 0 radical (unpaired) electrons. The number of nitrogen functional groups attached to an aromatic ring is 1. The molecule has 81 heavy (non-hydrogen) atoms. The summed E-state index contributed by atoms with van der Waals surface area (Å²) in [5.41, 5.74) is 5.38. The molecule has 4 aromatic rings. The third-order valence-electron chi connectivity index (χ3n) is 15.8. The number of unbranched alkanes of at least 4 members (excludes halogenated alkanes) is 30. The van der Waals surface area contributed by atoms with Gasteiger partial charge in [0.15, 0.2) is 34.8 Å². The summed E-state index contributed by atoms with van der Waals surface area (Å²) in [5, 5.41) is 43.5. The number of H-pyrrole nitrogens is 2. The van der Waals surface area contributed by atoms with E-state index < -0.39 is 60.2 Å². The zero-order valence-electron chi connectivity index (χ0n) is 49.7. The highest BCUT2D eigenvalue weighted by molar-refractivity contribution is 5.91. The van der Waals surface area contributed by atoms with Gasteiger partial charge in [-0.05, 0) is 12.8 Å². The fourth-order valence-electron chi connectivity index (χ4n) is 10.8. The third-order valence-corrected chi connectivity index (χ3v) is 15.8. The van der Waals surface area contributed by atoms with Crippen LogP contribution in [0.2, 0.25) is 0 Å². The van der Waals surface area contributed by atoms with Gasteiger partial charge in [0.1, 0.15) is 36.6 Å². The van der Waals surface area contributed by atoms with Crippen LogP contribution in [-0.4, -0.2) is 128 Å². The molecule has 6 heterocycles. The number of anilines is 2. The third kappa shape index (κ3) is 22.3. The number of carbonyl (C=O) groups is 1. The number of rotatable bonds is 42. The summed E-state index contributed by atoms with van der Waals surface area (Å²) in [6.45, 7) is 8.19. The van der Waals surface area contributed by atoms with Crippen LogP contribution in [-0.2, 0) is 23.7 Å². The number of nitrogens with one attached hydrogen (secondary N) is 3. The van der Waals surface area contributed by atoms with E-state index in [4.69, 9.17) is 24.7 Å². The Morgan fingerprint density at radius 1 is 0.568 bits per heavy atom. The van der Waals surface area contributed by atoms with E-state index >= 15 is 0 Å². The summed E-state index contributed by atoms with van der Waals surface area (Å²) in [4.78, 5) is 58.7. The molecule has 2 aliphatic rings. The summed E-state index contributed by atoms with van der Waals surface area (Å²) < 4.78 is 27.0. The first-order chi connectivity index (χ1) is 39.4. The zero-order valence-corrected chi connectivity index (χ0v) is 49.7. The molecule has 0 aliphatic carbocycles. The molecule has 0 spiro atoms. The Morgan fingerprint density at radius 2 is 0.901 bits per heavy atom. The molecule has 2 aliphatic heterocycles. The predicted molar refractivity (Wildman–Crippen MR) is 317 cm³/mol. The average molecular weight is 1140 g/mol. The highest BCUT2D eigenvalue weighted by Gasteiger charge is 2.47. The van der Waals surface area contributed by atoms with Crippen LogP contribution in [0.1, 0.15) is 246 Å². The summed E-state index contributed by atoms with van der Waals surface area (Å²) in [5.74, 6) is -0.624. The molecule has 21 nitrogen and oxygen atoms in total. The number of amides is 1. The Bertz CT molecular complexity index is 2450. The van der Waals surface area contributed by atoms with Gasteiger partial charge in [-0.1, -0.05) is 220 Å². The Kier molecular flexibility index (Phi) is 32.0. The minimum atomic E-state index is -1.06. The second-order valence-corrected chi connectivity index (χ2v) is 22.9. The summed E-state index contributed by atoms with van der Waals surface area (Å²) >= 11 is 0. The molecular formula is C60H104N10O11. The van der Waals surface area contributed by atoms with Crippen LogP contribution in [0.5, 0.6) is 0 Å². The van der Waals surface area contributed by atoms with Gasteiger partial charge in [0.2, 0.25) is 17.8 Å². The predicted octanol–water partition coefficient (Wildman–Crippen LogP) is 10.2. The number of imidazole rings is 2. The van der Waals surface area contributed by atoms with Gasteiger partial charge in [-0.25, -0.2) is 9.97 Å². The van der Waals surface area contributed by atoms with Crippen molar-refractivity contribution in [2.24, 2.45) is 5.92 Å². The van der Waals surface area contributed by atoms with Crippen molar-refractivity contribution in [2.45, 2.75) is 282 Å². The second-order valence-electron chi connectivity index (χ2n) is 22.9. The monoisotopic (exact) mass is 1140 g/mol. The van der Waals surface area contributed by atoms with Gasteiger partial charge in [0, 0.05) is 19.1 Å². The molecule has 8 atom stereocenters. The fourth-order valence-corrected chi connectivity index (χ4v) is 10.8. The van der Waals surface area contributed by atoms with Crippen molar-refractivity contribution in [1.29, 1.82) is 0 Å². The summed E-state index contributed by atoms with van der Waals surface area (Å²) in [6.07, 6.45) is 37.4. The molecule has 460 valence electrons. The number of ether oxygens (including phenoxy) is 4. The molecule has 4 aromatic heterocycles. The number of nitrogens with zero attached hydrogens (tertiary/aromatic N) is 6. The molecule has 6 rings (SSSR count). The number of carbonyl (C=O) groups excluding carboxylic acids is 1. The van der Waals surface area contributed by atoms with Gasteiger partial charge >= 0.3 is 0 Å². The first-order valence-electron chi connectivity index (χ1n) is 31.6. The van der Waals surface area contributed by atoms with Crippen LogP contribution >= 0.6 is 0 Å². The van der Waals surface area contributed by atoms with E-state index in [2.05, 4.69) is 49.1 Å². The number of aliphatic hydroxyl groups is 4. The van der Waals surface area contributed by atoms with E-state index in [1.54, 1.807) is 13.8 Å². The normalized spacial score (nSPS) is 21.0. The van der Waals surface area contributed by atoms with E-state index in [-0.39, 0.29) is 59.3 Å². The lowest BCUT2D eigenvalue weighted by Gasteiger charge is -2.22. The van der Waals surface area contributed by atoms with Gasteiger partial charge in [-0.2, -0.15) is 9.97 Å². The molecular weight excluding hydrogens is 1040 g/mol. The topological polar surface area (TPSA) is 300 Å². The second kappa shape index (κ2) is 38.5. The van der Waals surface area contributed by atoms with Crippen molar-refractivity contribution in [3.05, 3.63) is 33.4 Å². The van der Waals surface area contributed by atoms with Crippen LogP contribution in [0.25, 0.3) is 22.3 Å². The molecule has 0 bridgehead atoms. The molecule has 0 saturated carbocycles. The van der Waals surface area contributed by atoms with Crippen molar-refractivity contribution in [2.75, 3.05) is 37.5 Å². The van der Waals surface area contributed by atoms with Gasteiger partial charge in [0.05, 0.1) is 25.9 Å².